The van der Waals surface area contributed by atoms with Crippen molar-refractivity contribution in [1.82, 2.24) is 10.0 Å². The normalized spacial score (nSPS) is 29.5. The minimum Gasteiger partial charge on any atom is -0.469 e. The Bertz CT molecular complexity index is 1460. The van der Waals surface area contributed by atoms with Gasteiger partial charge in [0.05, 0.1) is 60.7 Å². The van der Waals surface area contributed by atoms with Crippen LogP contribution in [-0.2, 0) is 70.3 Å². The van der Waals surface area contributed by atoms with Crippen LogP contribution in [-0.4, -0.2) is 104 Å². The molecule has 14 nitrogen and oxygen atoms in total. The van der Waals surface area contributed by atoms with Gasteiger partial charge >= 0.3 is 23.9 Å². The van der Waals surface area contributed by atoms with Crippen LogP contribution < -0.4 is 0 Å². The Kier molecular flexibility index (Phi) is 9.72. The van der Waals surface area contributed by atoms with E-state index in [-0.39, 0.29) is 26.2 Å². The fourth-order valence-electron chi connectivity index (χ4n) is 6.73. The molecule has 0 N–H and O–H groups in total. The van der Waals surface area contributed by atoms with Crippen LogP contribution in [0.5, 0.6) is 0 Å². The van der Waals surface area contributed by atoms with Crippen LogP contribution in [0.1, 0.15) is 24.0 Å². The van der Waals surface area contributed by atoms with Crippen molar-refractivity contribution < 1.29 is 57.1 Å². The molecule has 3 saturated heterocycles. The molecule has 1 amide bonds. The second-order valence-corrected chi connectivity index (χ2v) is 11.1. The van der Waals surface area contributed by atoms with Crippen LogP contribution in [0.2, 0.25) is 0 Å². The fraction of sp³-hybridized carbons (Fsp3) is 0.469. The lowest BCUT2D eigenvalue weighted by Crippen LogP contribution is -2.68. The maximum atomic E-state index is 14.0. The first-order valence-corrected chi connectivity index (χ1v) is 14.6. The standard InChI is InChI=1S/C32H36N2O12/c1-40-25(36)16-31(29(38)42-3)27(28(37)41-2)32(30(39)43-4)34-24(35)15-22(33(31)34)26(45-18-21-13-9-6-10-14-21)23(46-32)19-44-17-20-11-7-5-8-12-20/h5-14,22-23,26-27H,15-19H2,1-4H3/t22-,23-,26-,27+,31+,32+/m0/s1. The molecule has 7 atom stereocenters. The van der Waals surface area contributed by atoms with E-state index in [0.29, 0.717) is 0 Å². The zero-order valence-electron chi connectivity index (χ0n) is 25.9. The summed E-state index contributed by atoms with van der Waals surface area (Å²) >= 11 is 0. The van der Waals surface area contributed by atoms with Gasteiger partial charge in [-0.15, -0.1) is 0 Å². The second kappa shape index (κ2) is 13.5. The molecule has 1 unspecified atom stereocenters. The van der Waals surface area contributed by atoms with E-state index in [0.717, 1.165) is 44.6 Å². The lowest BCUT2D eigenvalue weighted by Gasteiger charge is -2.44. The van der Waals surface area contributed by atoms with Crippen molar-refractivity contribution in [2.45, 2.75) is 55.6 Å². The monoisotopic (exact) mass is 640 g/mol. The summed E-state index contributed by atoms with van der Waals surface area (Å²) in [4.78, 5) is 68.7. The summed E-state index contributed by atoms with van der Waals surface area (Å²) in [6.07, 6.45) is -3.22. The molecule has 3 aliphatic heterocycles. The van der Waals surface area contributed by atoms with E-state index in [4.69, 9.17) is 33.2 Å². The highest BCUT2D eigenvalue weighted by molar-refractivity contribution is 6.02. The van der Waals surface area contributed by atoms with Crippen LogP contribution in [0.3, 0.4) is 0 Å². The number of hydrogen-bond acceptors (Lipinski definition) is 13. The highest BCUT2D eigenvalue weighted by atomic mass is 16.6. The van der Waals surface area contributed by atoms with Gasteiger partial charge in [-0.05, 0) is 11.1 Å². The molecule has 3 fully saturated rings. The fourth-order valence-corrected chi connectivity index (χ4v) is 6.73. The van der Waals surface area contributed by atoms with E-state index in [2.05, 4.69) is 0 Å². The summed E-state index contributed by atoms with van der Waals surface area (Å²) in [5.74, 6) is -6.99. The molecule has 0 saturated carbocycles. The molecule has 3 aliphatic rings. The number of carbonyl (C=O) groups is 5. The quantitative estimate of drug-likeness (QED) is 0.241. The minimum absolute atomic E-state index is 0.0520. The number of esters is 4. The largest absolute Gasteiger partial charge is 0.469 e. The lowest BCUT2D eigenvalue weighted by atomic mass is 9.73. The molecule has 2 aromatic carbocycles. The van der Waals surface area contributed by atoms with E-state index in [1.807, 2.05) is 60.7 Å². The Balaban J connectivity index is 1.69. The molecule has 14 heteroatoms. The Labute approximate surface area is 265 Å². The van der Waals surface area contributed by atoms with Crippen LogP contribution in [0.4, 0.5) is 0 Å². The maximum absolute atomic E-state index is 14.0. The van der Waals surface area contributed by atoms with E-state index in [1.165, 1.54) is 5.01 Å². The summed E-state index contributed by atoms with van der Waals surface area (Å²) in [5.41, 5.74) is -3.31. The van der Waals surface area contributed by atoms with Gasteiger partial charge in [-0.25, -0.2) is 14.6 Å². The van der Waals surface area contributed by atoms with Crippen molar-refractivity contribution >= 4 is 29.8 Å². The average molecular weight is 641 g/mol. The van der Waals surface area contributed by atoms with Gasteiger partial charge < -0.3 is 33.2 Å². The molecule has 0 spiro atoms. The van der Waals surface area contributed by atoms with Crippen molar-refractivity contribution in [1.29, 1.82) is 0 Å². The summed E-state index contributed by atoms with van der Waals surface area (Å²) in [6, 6.07) is 17.5. The van der Waals surface area contributed by atoms with E-state index >= 15 is 0 Å². The Hall–Kier alpha value is -4.37. The molecule has 0 radical (unpaired) electrons. The second-order valence-electron chi connectivity index (χ2n) is 11.1. The van der Waals surface area contributed by atoms with E-state index in [1.54, 1.807) is 0 Å². The first-order chi connectivity index (χ1) is 22.2. The van der Waals surface area contributed by atoms with Crippen molar-refractivity contribution in [3.63, 3.8) is 0 Å². The minimum atomic E-state index is -2.62. The number of methoxy groups -OCH3 is 4. The topological polar surface area (TPSA) is 156 Å². The van der Waals surface area contributed by atoms with E-state index < -0.39 is 71.6 Å². The molecule has 0 aliphatic carbocycles. The molecular weight excluding hydrogens is 604 g/mol. The zero-order chi connectivity index (χ0) is 33.1. The number of ether oxygens (including phenoxy) is 7. The van der Waals surface area contributed by atoms with Gasteiger partial charge in [0.1, 0.15) is 18.1 Å². The van der Waals surface area contributed by atoms with Gasteiger partial charge in [0.25, 0.3) is 5.72 Å². The number of carbonyl (C=O) groups excluding carboxylic acids is 5. The Morgan fingerprint density at radius 1 is 0.826 bits per heavy atom. The predicted octanol–water partition coefficient (Wildman–Crippen LogP) is 1.15. The molecule has 4 bridgehead atoms. The number of benzene rings is 2. The smallest absolute Gasteiger partial charge is 0.362 e. The van der Waals surface area contributed by atoms with Crippen molar-refractivity contribution in [2.75, 3.05) is 35.0 Å². The van der Waals surface area contributed by atoms with Gasteiger partial charge in [0, 0.05) is 6.42 Å². The third kappa shape index (κ3) is 5.40. The highest BCUT2D eigenvalue weighted by Crippen LogP contribution is 2.58. The summed E-state index contributed by atoms with van der Waals surface area (Å²) < 4.78 is 39.4. The van der Waals surface area contributed by atoms with Crippen molar-refractivity contribution in [3.05, 3.63) is 71.8 Å². The number of amides is 1. The number of rotatable bonds is 12. The molecular formula is C32H36N2O12. The van der Waals surface area contributed by atoms with Gasteiger partial charge in [-0.2, -0.15) is 5.01 Å². The summed E-state index contributed by atoms with van der Waals surface area (Å²) in [5, 5.41) is 2.10. The first kappa shape index (κ1) is 33.0. The highest BCUT2D eigenvalue weighted by Gasteiger charge is 2.84. The third-order valence-corrected chi connectivity index (χ3v) is 8.59. The molecule has 0 aromatic heterocycles. The number of hydrogen-bond donors (Lipinski definition) is 0. The molecule has 3 heterocycles. The average Bonchev–Trinajstić information content (AvgIpc) is 3.51. The van der Waals surface area contributed by atoms with Crippen LogP contribution in [0.25, 0.3) is 0 Å². The van der Waals surface area contributed by atoms with Crippen molar-refractivity contribution in [3.8, 4) is 0 Å². The van der Waals surface area contributed by atoms with Crippen LogP contribution in [0.15, 0.2) is 60.7 Å². The van der Waals surface area contributed by atoms with Crippen LogP contribution in [0, 0.1) is 5.92 Å². The van der Waals surface area contributed by atoms with Gasteiger partial charge in [-0.3, -0.25) is 14.4 Å². The summed E-state index contributed by atoms with van der Waals surface area (Å²) in [7, 11) is 4.24. The van der Waals surface area contributed by atoms with Gasteiger partial charge in [0.2, 0.25) is 5.91 Å². The maximum Gasteiger partial charge on any atom is 0.362 e. The molecule has 246 valence electrons. The molecule has 46 heavy (non-hydrogen) atoms. The number of hydrazine groups is 1. The van der Waals surface area contributed by atoms with E-state index in [9.17, 15) is 24.0 Å². The van der Waals surface area contributed by atoms with Crippen LogP contribution >= 0.6 is 0 Å². The van der Waals surface area contributed by atoms with Gasteiger partial charge in [0.15, 0.2) is 5.54 Å². The Morgan fingerprint density at radius 2 is 1.43 bits per heavy atom. The molecule has 5 rings (SSSR count). The first-order valence-electron chi connectivity index (χ1n) is 14.6. The van der Waals surface area contributed by atoms with Crippen molar-refractivity contribution in [2.24, 2.45) is 5.92 Å². The third-order valence-electron chi connectivity index (χ3n) is 8.59. The zero-order valence-corrected chi connectivity index (χ0v) is 25.9. The lowest BCUT2D eigenvalue weighted by molar-refractivity contribution is -0.241. The Morgan fingerprint density at radius 3 is 2.00 bits per heavy atom. The van der Waals surface area contributed by atoms with Gasteiger partial charge in [-0.1, -0.05) is 60.7 Å². The SMILES string of the molecule is COC(=O)C[C@]1(C(=O)OC)[C@@H](C(=O)OC)[C@]2(C(=O)OC)O[C@@H](COCc3ccccc3)[C@@H](OCc3ccccc3)[C@@H]3CC(=O)N2N31. The molecule has 2 aromatic rings. The summed E-state index contributed by atoms with van der Waals surface area (Å²) in [6.45, 7) is 0.0648. The number of nitrogens with zero attached hydrogens (tertiary/aromatic N) is 2. The predicted molar refractivity (Wildman–Crippen MR) is 155 cm³/mol.